The third kappa shape index (κ3) is 4.29. The van der Waals surface area contributed by atoms with E-state index in [4.69, 9.17) is 0 Å². The molecule has 2 unspecified atom stereocenters. The lowest BCUT2D eigenvalue weighted by atomic mass is 9.91. The summed E-state index contributed by atoms with van der Waals surface area (Å²) in [5, 5.41) is 0. The molecule has 3 aliphatic rings. The van der Waals surface area contributed by atoms with Crippen LogP contribution < -0.4 is 4.72 Å². The Morgan fingerprint density at radius 2 is 1.79 bits per heavy atom. The van der Waals surface area contributed by atoms with Gasteiger partial charge in [-0.15, -0.1) is 0 Å². The van der Waals surface area contributed by atoms with Crippen LogP contribution >= 0.6 is 0 Å². The first-order chi connectivity index (χ1) is 16.1. The normalized spacial score (nSPS) is 23.3. The SMILES string of the molecule is CS(=O)(=O)NC1C(Cc2cccc(-c3cc(F)cc(F)c3)c2F)N(C(=O)N2CCC2)CC12CC2. The molecule has 2 amide bonds. The molecule has 2 aromatic rings. The van der Waals surface area contributed by atoms with Crippen LogP contribution in [0.15, 0.2) is 36.4 Å². The van der Waals surface area contributed by atoms with Gasteiger partial charge in [-0.2, -0.15) is 0 Å². The zero-order valence-electron chi connectivity index (χ0n) is 18.7. The molecule has 2 aromatic carbocycles. The number of benzene rings is 2. The second-order valence-electron chi connectivity index (χ2n) is 9.69. The molecule has 2 heterocycles. The van der Waals surface area contributed by atoms with Gasteiger partial charge in [0.25, 0.3) is 0 Å². The molecular formula is C24H26F3N3O3S. The number of nitrogens with one attached hydrogen (secondary N) is 1. The van der Waals surface area contributed by atoms with E-state index >= 15 is 4.39 Å². The van der Waals surface area contributed by atoms with Crippen LogP contribution in [0.1, 0.15) is 24.8 Å². The molecular weight excluding hydrogens is 467 g/mol. The van der Waals surface area contributed by atoms with E-state index in [1.54, 1.807) is 21.9 Å². The highest BCUT2D eigenvalue weighted by Gasteiger charge is 2.61. The number of sulfonamides is 1. The summed E-state index contributed by atoms with van der Waals surface area (Å²) in [4.78, 5) is 16.6. The second kappa shape index (κ2) is 8.27. The molecule has 2 atom stereocenters. The largest absolute Gasteiger partial charge is 0.325 e. The first-order valence-electron chi connectivity index (χ1n) is 11.3. The summed E-state index contributed by atoms with van der Waals surface area (Å²) in [6, 6.07) is 6.17. The predicted molar refractivity (Wildman–Crippen MR) is 121 cm³/mol. The fourth-order valence-electron chi connectivity index (χ4n) is 5.23. The zero-order valence-corrected chi connectivity index (χ0v) is 19.5. The Balaban J connectivity index is 1.51. The smallest absolute Gasteiger partial charge is 0.320 e. The molecule has 3 fully saturated rings. The van der Waals surface area contributed by atoms with Crippen LogP contribution in [0.3, 0.4) is 0 Å². The minimum absolute atomic E-state index is 0.0447. The van der Waals surface area contributed by atoms with Gasteiger partial charge in [0, 0.05) is 42.7 Å². The van der Waals surface area contributed by atoms with E-state index in [1.165, 1.54) is 6.07 Å². The maximum Gasteiger partial charge on any atom is 0.320 e. The summed E-state index contributed by atoms with van der Waals surface area (Å²) in [7, 11) is -3.57. The summed E-state index contributed by atoms with van der Waals surface area (Å²) in [6.45, 7) is 1.71. The van der Waals surface area contributed by atoms with Gasteiger partial charge < -0.3 is 9.80 Å². The van der Waals surface area contributed by atoms with E-state index in [2.05, 4.69) is 4.72 Å². The molecule has 0 aromatic heterocycles. The molecule has 1 N–H and O–H groups in total. The molecule has 0 bridgehead atoms. The number of rotatable bonds is 5. The van der Waals surface area contributed by atoms with Crippen molar-refractivity contribution in [3.63, 3.8) is 0 Å². The third-order valence-electron chi connectivity index (χ3n) is 7.22. The number of halogens is 3. The summed E-state index contributed by atoms with van der Waals surface area (Å²) < 4.78 is 70.2. The Labute approximate surface area is 196 Å². The van der Waals surface area contributed by atoms with E-state index in [-0.39, 0.29) is 34.6 Å². The minimum Gasteiger partial charge on any atom is -0.325 e. The van der Waals surface area contributed by atoms with Crippen molar-refractivity contribution in [2.45, 2.75) is 37.8 Å². The molecule has 10 heteroatoms. The lowest BCUT2D eigenvalue weighted by Gasteiger charge is -2.37. The number of carbonyl (C=O) groups excluding carboxylic acids is 1. The van der Waals surface area contributed by atoms with Crippen LogP contribution in [0.2, 0.25) is 0 Å². The lowest BCUT2D eigenvalue weighted by Crippen LogP contribution is -2.54. The van der Waals surface area contributed by atoms with E-state index in [9.17, 15) is 22.0 Å². The van der Waals surface area contributed by atoms with Gasteiger partial charge in [-0.25, -0.2) is 31.1 Å². The van der Waals surface area contributed by atoms with Crippen LogP contribution in [0.4, 0.5) is 18.0 Å². The van der Waals surface area contributed by atoms with Gasteiger partial charge in [0.15, 0.2) is 0 Å². The summed E-state index contributed by atoms with van der Waals surface area (Å²) >= 11 is 0. The monoisotopic (exact) mass is 493 g/mol. The molecule has 182 valence electrons. The minimum atomic E-state index is -3.57. The van der Waals surface area contributed by atoms with Crippen molar-refractivity contribution in [3.05, 3.63) is 59.4 Å². The van der Waals surface area contributed by atoms with E-state index in [0.29, 0.717) is 19.6 Å². The Bertz CT molecular complexity index is 1230. The van der Waals surface area contributed by atoms with Crippen LogP contribution in [-0.4, -0.2) is 62.2 Å². The molecule has 6 nitrogen and oxygen atoms in total. The first-order valence-corrected chi connectivity index (χ1v) is 13.2. The number of nitrogens with zero attached hydrogens (tertiary/aromatic N) is 2. The molecule has 1 spiro atoms. The second-order valence-corrected chi connectivity index (χ2v) is 11.5. The van der Waals surface area contributed by atoms with Crippen molar-refractivity contribution in [3.8, 4) is 11.1 Å². The maximum atomic E-state index is 15.6. The maximum absolute atomic E-state index is 15.6. The van der Waals surface area contributed by atoms with Gasteiger partial charge in [0.05, 0.1) is 12.3 Å². The third-order valence-corrected chi connectivity index (χ3v) is 7.90. The van der Waals surface area contributed by atoms with Crippen molar-refractivity contribution in [1.82, 2.24) is 14.5 Å². The van der Waals surface area contributed by atoms with Gasteiger partial charge >= 0.3 is 6.03 Å². The fraction of sp³-hybridized carbons (Fsp3) is 0.458. The Morgan fingerprint density at radius 1 is 1.12 bits per heavy atom. The van der Waals surface area contributed by atoms with Gasteiger partial charge in [-0.05, 0) is 48.9 Å². The first kappa shape index (κ1) is 23.2. The van der Waals surface area contributed by atoms with Crippen molar-refractivity contribution >= 4 is 16.1 Å². The molecule has 0 radical (unpaired) electrons. The predicted octanol–water partition coefficient (Wildman–Crippen LogP) is 3.52. The Kier molecular flexibility index (Phi) is 5.63. The zero-order chi connectivity index (χ0) is 24.3. The quantitative estimate of drug-likeness (QED) is 0.693. The highest BCUT2D eigenvalue weighted by molar-refractivity contribution is 7.88. The van der Waals surface area contributed by atoms with Crippen molar-refractivity contribution < 1.29 is 26.4 Å². The van der Waals surface area contributed by atoms with Gasteiger partial charge in [-0.3, -0.25) is 0 Å². The summed E-state index contributed by atoms with van der Waals surface area (Å²) in [6.07, 6.45) is 3.64. The molecule has 2 saturated heterocycles. The number of likely N-dealkylation sites (tertiary alicyclic amines) is 2. The van der Waals surface area contributed by atoms with E-state index in [1.807, 2.05) is 0 Å². The molecule has 1 aliphatic carbocycles. The topological polar surface area (TPSA) is 69.7 Å². The molecule has 34 heavy (non-hydrogen) atoms. The van der Waals surface area contributed by atoms with Gasteiger partial charge in [0.1, 0.15) is 17.5 Å². The van der Waals surface area contributed by atoms with Gasteiger partial charge in [0.2, 0.25) is 10.0 Å². The average Bonchev–Trinajstić information content (AvgIpc) is 3.42. The number of amides is 2. The van der Waals surface area contributed by atoms with Crippen LogP contribution in [0.25, 0.3) is 11.1 Å². The summed E-state index contributed by atoms with van der Waals surface area (Å²) in [5.74, 6) is -2.26. The van der Waals surface area contributed by atoms with Crippen LogP contribution in [0, 0.1) is 22.9 Å². The lowest BCUT2D eigenvalue weighted by molar-refractivity contribution is 0.120. The number of hydrogen-bond acceptors (Lipinski definition) is 3. The van der Waals surface area contributed by atoms with Crippen LogP contribution in [-0.2, 0) is 16.4 Å². The molecule has 1 saturated carbocycles. The number of hydrogen-bond donors (Lipinski definition) is 1. The van der Waals surface area contributed by atoms with Gasteiger partial charge in [-0.1, -0.05) is 18.2 Å². The fourth-order valence-corrected chi connectivity index (χ4v) is 6.10. The standard InChI is InChI=1S/C24H26F3N3O3S/c1-34(32,33)28-22-20(30(14-24(22)6-7-24)23(31)29-8-3-9-29)12-15-4-2-5-19(21(15)27)16-10-17(25)13-18(26)11-16/h2,4-5,10-11,13,20,22,28H,3,6-9,12,14H2,1H3. The van der Waals surface area contributed by atoms with E-state index in [0.717, 1.165) is 43.7 Å². The highest BCUT2D eigenvalue weighted by atomic mass is 32.2. The number of urea groups is 1. The Morgan fingerprint density at radius 3 is 2.35 bits per heavy atom. The Hall–Kier alpha value is -2.59. The van der Waals surface area contributed by atoms with E-state index < -0.39 is 39.6 Å². The molecule has 5 rings (SSSR count). The van der Waals surface area contributed by atoms with Crippen molar-refractivity contribution in [2.75, 3.05) is 25.9 Å². The average molecular weight is 494 g/mol. The number of carbonyl (C=O) groups is 1. The van der Waals surface area contributed by atoms with Crippen molar-refractivity contribution in [2.24, 2.45) is 5.41 Å². The van der Waals surface area contributed by atoms with Crippen molar-refractivity contribution in [1.29, 1.82) is 0 Å². The van der Waals surface area contributed by atoms with Crippen LogP contribution in [0.5, 0.6) is 0 Å². The highest BCUT2D eigenvalue weighted by Crippen LogP contribution is 2.55. The molecule has 2 aliphatic heterocycles. The summed E-state index contributed by atoms with van der Waals surface area (Å²) in [5.41, 5.74) is 0.0183.